The molecular weight excluding hydrogens is 252 g/mol. The Morgan fingerprint density at radius 2 is 1.18 bits per heavy atom. The highest BCUT2D eigenvalue weighted by Crippen LogP contribution is 2.65. The minimum absolute atomic E-state index is 1.88. The van der Waals surface area contributed by atoms with E-state index in [1.54, 1.807) is 0 Å². The fourth-order valence-electron chi connectivity index (χ4n) is 2.31. The third-order valence-electron chi connectivity index (χ3n) is 3.10. The summed E-state index contributed by atoms with van der Waals surface area (Å²) < 4.78 is 56.4. The van der Waals surface area contributed by atoms with Crippen molar-refractivity contribution in [3.63, 3.8) is 0 Å². The molecule has 2 aliphatic rings. The predicted molar refractivity (Wildman–Crippen MR) is 40.8 cm³/mol. The van der Waals surface area contributed by atoms with Gasteiger partial charge in [0, 0.05) is 0 Å². The molecule has 0 radical (unpaired) electrons. The molecule has 1 saturated carbocycles. The number of halogens is 4. The Labute approximate surface area is 91.0 Å². The molecule has 1 aliphatic heterocycles. The number of carbonyl (C=O) groups is 2. The van der Waals surface area contributed by atoms with E-state index in [0.29, 0.717) is 0 Å². The zero-order valence-corrected chi connectivity index (χ0v) is 7.94. The summed E-state index contributed by atoms with van der Waals surface area (Å²) in [5, 5.41) is 17.1. The van der Waals surface area contributed by atoms with Gasteiger partial charge >= 0.3 is 23.8 Å². The summed E-state index contributed by atoms with van der Waals surface area (Å²) in [6.45, 7) is 0. The summed E-state index contributed by atoms with van der Waals surface area (Å²) in [6, 6.07) is 0. The van der Waals surface area contributed by atoms with Crippen molar-refractivity contribution in [2.24, 2.45) is 11.8 Å². The lowest BCUT2D eigenvalue weighted by Gasteiger charge is -2.48. The van der Waals surface area contributed by atoms with Crippen LogP contribution in [0.2, 0.25) is 0 Å². The van der Waals surface area contributed by atoms with Gasteiger partial charge in [-0.1, -0.05) is 0 Å². The largest absolute Gasteiger partial charge is 0.479 e. The van der Waals surface area contributed by atoms with Crippen LogP contribution in [0.1, 0.15) is 0 Å². The number of ether oxygens (including phenoxy) is 1. The summed E-state index contributed by atoms with van der Waals surface area (Å²) in [4.78, 5) is 21.1. The monoisotopic (exact) mass is 258 g/mol. The molecular formula is C8H6F4O5. The molecule has 2 rings (SSSR count). The van der Waals surface area contributed by atoms with Crippen molar-refractivity contribution in [2.45, 2.75) is 24.1 Å². The normalized spacial score (nSPS) is 41.4. The van der Waals surface area contributed by atoms with Gasteiger partial charge in [-0.15, -0.1) is 0 Å². The Morgan fingerprint density at radius 1 is 0.882 bits per heavy atom. The maximum absolute atomic E-state index is 13.0. The van der Waals surface area contributed by atoms with Gasteiger partial charge in [0.05, 0.1) is 11.8 Å². The maximum Gasteiger partial charge on any atom is 0.333 e. The molecule has 4 atom stereocenters. The first-order chi connectivity index (χ1) is 7.62. The molecule has 0 unspecified atom stereocenters. The summed E-state index contributed by atoms with van der Waals surface area (Å²) in [6.07, 6.45) is -4.45. The summed E-state index contributed by atoms with van der Waals surface area (Å²) in [5.41, 5.74) is 0. The highest BCUT2D eigenvalue weighted by Gasteiger charge is 2.86. The molecule has 0 aromatic heterocycles. The van der Waals surface area contributed by atoms with Crippen molar-refractivity contribution in [1.82, 2.24) is 0 Å². The van der Waals surface area contributed by atoms with Crippen LogP contribution in [0.5, 0.6) is 0 Å². The van der Waals surface area contributed by atoms with Crippen LogP contribution < -0.4 is 0 Å². The minimum Gasteiger partial charge on any atom is -0.479 e. The van der Waals surface area contributed by atoms with Gasteiger partial charge in [-0.05, 0) is 0 Å². The Morgan fingerprint density at radius 3 is 1.41 bits per heavy atom. The van der Waals surface area contributed by atoms with Crippen molar-refractivity contribution in [1.29, 1.82) is 0 Å². The van der Waals surface area contributed by atoms with Crippen LogP contribution in [0.15, 0.2) is 0 Å². The molecule has 0 spiro atoms. The number of fused-ring (bicyclic) bond motifs is 1. The summed E-state index contributed by atoms with van der Waals surface area (Å²) in [5.74, 6) is -17.5. The Balaban J connectivity index is 2.39. The van der Waals surface area contributed by atoms with E-state index >= 15 is 0 Å². The topological polar surface area (TPSA) is 83.8 Å². The Kier molecular flexibility index (Phi) is 2.20. The van der Waals surface area contributed by atoms with Crippen LogP contribution in [-0.4, -0.2) is 46.2 Å². The van der Waals surface area contributed by atoms with E-state index in [1.807, 2.05) is 0 Å². The second-order valence-corrected chi connectivity index (χ2v) is 3.95. The van der Waals surface area contributed by atoms with Crippen LogP contribution in [0.3, 0.4) is 0 Å². The molecule has 0 bridgehead atoms. The number of carboxylic acids is 2. The van der Waals surface area contributed by atoms with Crippen LogP contribution in [0, 0.1) is 11.8 Å². The first-order valence-electron chi connectivity index (χ1n) is 4.49. The molecule has 96 valence electrons. The van der Waals surface area contributed by atoms with E-state index < -0.39 is 47.8 Å². The van der Waals surface area contributed by atoms with E-state index in [9.17, 15) is 27.2 Å². The number of carboxylic acid groups (broad SMARTS) is 2. The van der Waals surface area contributed by atoms with E-state index in [4.69, 9.17) is 10.2 Å². The second-order valence-electron chi connectivity index (χ2n) is 3.95. The van der Waals surface area contributed by atoms with E-state index in [1.165, 1.54) is 0 Å². The number of rotatable bonds is 2. The van der Waals surface area contributed by atoms with Crippen LogP contribution in [0.4, 0.5) is 17.6 Å². The lowest BCUT2D eigenvalue weighted by Crippen LogP contribution is -2.69. The second kappa shape index (κ2) is 3.09. The van der Waals surface area contributed by atoms with Gasteiger partial charge in [-0.3, -0.25) is 0 Å². The predicted octanol–water partition coefficient (Wildman–Crippen LogP) is 0.440. The smallest absolute Gasteiger partial charge is 0.333 e. The number of hydrogen-bond acceptors (Lipinski definition) is 3. The minimum atomic E-state index is -4.56. The molecule has 0 aromatic carbocycles. The first kappa shape index (κ1) is 12.1. The van der Waals surface area contributed by atoms with Crippen molar-refractivity contribution < 1.29 is 42.1 Å². The molecule has 2 N–H and O–H groups in total. The molecule has 2 fully saturated rings. The Hall–Kier alpha value is -1.38. The molecule has 1 saturated heterocycles. The van der Waals surface area contributed by atoms with Gasteiger partial charge in [0.25, 0.3) is 0 Å². The van der Waals surface area contributed by atoms with Crippen molar-refractivity contribution in [2.75, 3.05) is 0 Å². The standard InChI is InChI=1S/C8H6F4O5/c9-7(10)1-2(8(7,11)12)4(6(15)16)17-3(1)5(13)14/h1-4H,(H,13,14)(H,15,16)/t1-,2+,3-,4-/m0/s1. The molecule has 1 aliphatic carbocycles. The number of alkyl halides is 4. The van der Waals surface area contributed by atoms with Crippen molar-refractivity contribution in [3.8, 4) is 0 Å². The summed E-state index contributed by atoms with van der Waals surface area (Å²) in [7, 11) is 0. The lowest BCUT2D eigenvalue weighted by molar-refractivity contribution is -0.347. The van der Waals surface area contributed by atoms with E-state index in [-0.39, 0.29) is 0 Å². The van der Waals surface area contributed by atoms with Gasteiger partial charge in [0.2, 0.25) is 0 Å². The summed E-state index contributed by atoms with van der Waals surface area (Å²) >= 11 is 0. The van der Waals surface area contributed by atoms with E-state index in [0.717, 1.165) is 0 Å². The number of hydrogen-bond donors (Lipinski definition) is 2. The fourth-order valence-corrected chi connectivity index (χ4v) is 2.31. The average molecular weight is 258 g/mol. The first-order valence-corrected chi connectivity index (χ1v) is 4.49. The molecule has 9 heteroatoms. The molecule has 0 aromatic rings. The third-order valence-corrected chi connectivity index (χ3v) is 3.10. The highest BCUT2D eigenvalue weighted by atomic mass is 19.3. The van der Waals surface area contributed by atoms with Gasteiger partial charge < -0.3 is 14.9 Å². The molecule has 0 amide bonds. The van der Waals surface area contributed by atoms with Gasteiger partial charge in [-0.25, -0.2) is 9.59 Å². The van der Waals surface area contributed by atoms with Crippen LogP contribution >= 0.6 is 0 Å². The van der Waals surface area contributed by atoms with Gasteiger partial charge in [0.1, 0.15) is 0 Å². The van der Waals surface area contributed by atoms with Crippen molar-refractivity contribution >= 4 is 11.9 Å². The number of aliphatic carboxylic acids is 2. The highest BCUT2D eigenvalue weighted by molar-refractivity contribution is 5.79. The average Bonchev–Trinajstić information content (AvgIpc) is 2.56. The van der Waals surface area contributed by atoms with Crippen molar-refractivity contribution in [3.05, 3.63) is 0 Å². The zero-order chi connectivity index (χ0) is 13.2. The Bertz CT molecular complexity index is 359. The SMILES string of the molecule is O=C(O)[C@H]1O[C@H](C(=O)O)[C@@H]2[C@H]1C(F)(F)C2(F)F. The lowest BCUT2D eigenvalue weighted by atomic mass is 9.63. The molecule has 5 nitrogen and oxygen atoms in total. The third kappa shape index (κ3) is 1.22. The zero-order valence-electron chi connectivity index (χ0n) is 7.94. The molecule has 17 heavy (non-hydrogen) atoms. The maximum atomic E-state index is 13.0. The van der Waals surface area contributed by atoms with Gasteiger partial charge in [0.15, 0.2) is 12.2 Å². The van der Waals surface area contributed by atoms with Crippen LogP contribution in [-0.2, 0) is 14.3 Å². The molecule has 1 heterocycles. The van der Waals surface area contributed by atoms with Crippen LogP contribution in [0.25, 0.3) is 0 Å². The van der Waals surface area contributed by atoms with Gasteiger partial charge in [-0.2, -0.15) is 17.6 Å². The fraction of sp³-hybridized carbons (Fsp3) is 0.750. The quantitative estimate of drug-likeness (QED) is 0.702. The van der Waals surface area contributed by atoms with E-state index in [2.05, 4.69) is 4.74 Å².